The number of hydrogen-bond acceptors (Lipinski definition) is 3. The fraction of sp³-hybridized carbons (Fsp3) is 0.571. The Bertz CT molecular complexity index is 467. The van der Waals surface area contributed by atoms with Crippen LogP contribution in [-0.4, -0.2) is 28.9 Å². The Morgan fingerprint density at radius 1 is 1.58 bits per heavy atom. The molecular weight excluding hydrogens is 326 g/mol. The summed E-state index contributed by atoms with van der Waals surface area (Å²) in [6.07, 6.45) is 3.68. The predicted molar refractivity (Wildman–Crippen MR) is 83.1 cm³/mol. The molecule has 1 aromatic carbocycles. The minimum absolute atomic E-state index is 0.245. The van der Waals surface area contributed by atoms with Crippen LogP contribution in [0.15, 0.2) is 22.7 Å². The number of fused-ring (bicyclic) bond motifs is 1. The lowest BCUT2D eigenvalue weighted by atomic mass is 10.0. The van der Waals surface area contributed by atoms with Crippen molar-refractivity contribution in [1.29, 1.82) is 0 Å². The highest BCUT2D eigenvalue weighted by Gasteiger charge is 2.21. The third kappa shape index (κ3) is 4.04. The van der Waals surface area contributed by atoms with Gasteiger partial charge in [-0.15, -0.1) is 0 Å². The van der Waals surface area contributed by atoms with Crippen molar-refractivity contribution in [2.75, 3.05) is 19.4 Å². The minimum Gasteiger partial charge on any atom is -0.493 e. The first kappa shape index (κ1) is 15.0. The van der Waals surface area contributed by atoms with Crippen LogP contribution in [0.1, 0.15) is 31.4 Å². The van der Waals surface area contributed by atoms with E-state index >= 15 is 0 Å². The lowest BCUT2D eigenvalue weighted by Crippen LogP contribution is -2.29. The van der Waals surface area contributed by atoms with Gasteiger partial charge in [0, 0.05) is 44.8 Å². The summed E-state index contributed by atoms with van der Waals surface area (Å²) in [5.74, 6) is 0.971. The zero-order chi connectivity index (χ0) is 13.8. The van der Waals surface area contributed by atoms with Gasteiger partial charge < -0.3 is 10.1 Å². The van der Waals surface area contributed by atoms with E-state index in [1.807, 2.05) is 19.1 Å². The molecule has 2 rings (SSSR count). The summed E-state index contributed by atoms with van der Waals surface area (Å²) < 4.78 is 18.1. The summed E-state index contributed by atoms with van der Waals surface area (Å²) in [5, 5.41) is 3.80. The molecular formula is C14H20BrNO2S. The van der Waals surface area contributed by atoms with Gasteiger partial charge in [0.2, 0.25) is 0 Å². The maximum absolute atomic E-state index is 11.3. The smallest absolute Gasteiger partial charge is 0.124 e. The second kappa shape index (κ2) is 6.86. The van der Waals surface area contributed by atoms with Gasteiger partial charge in [0.05, 0.1) is 6.61 Å². The van der Waals surface area contributed by atoms with Crippen molar-refractivity contribution in [3.63, 3.8) is 0 Å². The Morgan fingerprint density at radius 2 is 2.37 bits per heavy atom. The van der Waals surface area contributed by atoms with E-state index in [1.165, 1.54) is 5.56 Å². The van der Waals surface area contributed by atoms with E-state index in [-0.39, 0.29) is 5.25 Å². The largest absolute Gasteiger partial charge is 0.493 e. The van der Waals surface area contributed by atoms with Crippen molar-refractivity contribution in [3.8, 4) is 5.75 Å². The van der Waals surface area contributed by atoms with E-state index in [4.69, 9.17) is 4.74 Å². The van der Waals surface area contributed by atoms with Crippen molar-refractivity contribution in [2.45, 2.75) is 31.1 Å². The lowest BCUT2D eigenvalue weighted by Gasteiger charge is -2.27. The Morgan fingerprint density at radius 3 is 3.11 bits per heavy atom. The van der Waals surface area contributed by atoms with Gasteiger partial charge in [-0.05, 0) is 31.2 Å². The third-order valence-electron chi connectivity index (χ3n) is 3.52. The number of halogens is 1. The third-order valence-corrected chi connectivity index (χ3v) is 5.38. The van der Waals surface area contributed by atoms with Crippen LogP contribution in [0.4, 0.5) is 0 Å². The van der Waals surface area contributed by atoms with Gasteiger partial charge in [-0.2, -0.15) is 0 Å². The first-order valence-corrected chi connectivity index (χ1v) is 8.97. The first-order valence-electron chi connectivity index (χ1n) is 6.56. The number of benzene rings is 1. The average Bonchev–Trinajstić information content (AvgIpc) is 2.39. The molecule has 0 saturated carbocycles. The van der Waals surface area contributed by atoms with Crippen LogP contribution in [-0.2, 0) is 10.8 Å². The summed E-state index contributed by atoms with van der Waals surface area (Å²) >= 11 is 3.50. The van der Waals surface area contributed by atoms with Gasteiger partial charge in [-0.3, -0.25) is 4.21 Å². The molecule has 0 aromatic heterocycles. The molecule has 3 atom stereocenters. The van der Waals surface area contributed by atoms with Crippen molar-refractivity contribution >= 4 is 26.7 Å². The number of rotatable bonds is 5. The van der Waals surface area contributed by atoms with Crippen LogP contribution in [0, 0.1) is 0 Å². The van der Waals surface area contributed by atoms with Crippen LogP contribution in [0.25, 0.3) is 0 Å². The Labute approximate surface area is 125 Å². The van der Waals surface area contributed by atoms with Gasteiger partial charge in [0.1, 0.15) is 5.75 Å². The van der Waals surface area contributed by atoms with Gasteiger partial charge in [-0.1, -0.05) is 22.9 Å². The quantitative estimate of drug-likeness (QED) is 0.891. The van der Waals surface area contributed by atoms with Crippen LogP contribution in [0.5, 0.6) is 5.75 Å². The van der Waals surface area contributed by atoms with Gasteiger partial charge >= 0.3 is 0 Å². The highest BCUT2D eigenvalue weighted by atomic mass is 79.9. The molecule has 0 radical (unpaired) electrons. The molecule has 106 valence electrons. The SMILES string of the molecule is CC(CCNC1CCOc2ccc(Br)cc21)S(C)=O. The molecule has 1 heterocycles. The van der Waals surface area contributed by atoms with Crippen LogP contribution in [0.3, 0.4) is 0 Å². The summed E-state index contributed by atoms with van der Waals surface area (Å²) in [6, 6.07) is 6.47. The van der Waals surface area contributed by atoms with E-state index < -0.39 is 10.8 Å². The molecule has 5 heteroatoms. The number of nitrogens with one attached hydrogen (secondary N) is 1. The second-order valence-electron chi connectivity index (χ2n) is 4.92. The molecule has 1 aliphatic rings. The van der Waals surface area contributed by atoms with E-state index in [1.54, 1.807) is 6.26 Å². The fourth-order valence-corrected chi connectivity index (χ4v) is 3.03. The Kier molecular flexibility index (Phi) is 5.42. The van der Waals surface area contributed by atoms with Gasteiger partial charge in [-0.25, -0.2) is 0 Å². The van der Waals surface area contributed by atoms with Crippen LogP contribution < -0.4 is 10.1 Å². The highest BCUT2D eigenvalue weighted by Crippen LogP contribution is 2.34. The topological polar surface area (TPSA) is 38.3 Å². The number of ether oxygens (including phenoxy) is 1. The normalized spacial score (nSPS) is 21.3. The van der Waals surface area contributed by atoms with Crippen molar-refractivity contribution in [1.82, 2.24) is 5.32 Å². The molecule has 3 unspecified atom stereocenters. The zero-order valence-corrected chi connectivity index (χ0v) is 13.7. The molecule has 3 nitrogen and oxygen atoms in total. The average molecular weight is 346 g/mol. The van der Waals surface area contributed by atoms with Crippen molar-refractivity contribution in [3.05, 3.63) is 28.2 Å². The lowest BCUT2D eigenvalue weighted by molar-refractivity contribution is 0.252. The Hall–Kier alpha value is -0.390. The van der Waals surface area contributed by atoms with Crippen LogP contribution >= 0.6 is 15.9 Å². The van der Waals surface area contributed by atoms with E-state index in [9.17, 15) is 4.21 Å². The molecule has 1 aromatic rings. The molecule has 0 aliphatic carbocycles. The van der Waals surface area contributed by atoms with Crippen molar-refractivity contribution < 1.29 is 8.95 Å². The van der Waals surface area contributed by atoms with E-state index in [0.717, 1.165) is 36.2 Å². The summed E-state index contributed by atoms with van der Waals surface area (Å²) in [5.41, 5.74) is 1.21. The molecule has 1 aliphatic heterocycles. The van der Waals surface area contributed by atoms with Crippen molar-refractivity contribution in [2.24, 2.45) is 0 Å². The Balaban J connectivity index is 1.96. The van der Waals surface area contributed by atoms with Gasteiger partial charge in [0.15, 0.2) is 0 Å². The second-order valence-corrected chi connectivity index (χ2v) is 7.64. The molecule has 0 saturated heterocycles. The maximum Gasteiger partial charge on any atom is 0.124 e. The molecule has 0 fully saturated rings. The number of hydrogen-bond donors (Lipinski definition) is 1. The molecule has 0 bridgehead atoms. The first-order chi connectivity index (χ1) is 9.08. The van der Waals surface area contributed by atoms with Gasteiger partial charge in [0.25, 0.3) is 0 Å². The standard InChI is InChI=1S/C14H20BrNO2S/c1-10(19(2)17)5-7-16-13-6-8-18-14-4-3-11(15)9-12(13)14/h3-4,9-10,13,16H,5-8H2,1-2H3. The van der Waals surface area contributed by atoms with E-state index in [0.29, 0.717) is 6.04 Å². The zero-order valence-electron chi connectivity index (χ0n) is 11.3. The maximum atomic E-state index is 11.3. The monoisotopic (exact) mass is 345 g/mol. The highest BCUT2D eigenvalue weighted by molar-refractivity contribution is 9.10. The molecule has 1 N–H and O–H groups in total. The fourth-order valence-electron chi connectivity index (χ4n) is 2.20. The summed E-state index contributed by atoms with van der Waals surface area (Å²) in [4.78, 5) is 0. The summed E-state index contributed by atoms with van der Waals surface area (Å²) in [6.45, 7) is 3.67. The van der Waals surface area contributed by atoms with Crippen LogP contribution in [0.2, 0.25) is 0 Å². The summed E-state index contributed by atoms with van der Waals surface area (Å²) in [7, 11) is -0.738. The molecule has 19 heavy (non-hydrogen) atoms. The minimum atomic E-state index is -0.738. The molecule has 0 amide bonds. The van der Waals surface area contributed by atoms with E-state index in [2.05, 4.69) is 27.3 Å². The predicted octanol–water partition coefficient (Wildman–Crippen LogP) is 3.02. The molecule has 0 spiro atoms.